The quantitative estimate of drug-likeness (QED) is 0.802. The lowest BCUT2D eigenvalue weighted by atomic mass is 9.83. The smallest absolute Gasteiger partial charge is 0.266 e. The molecule has 6 rings (SSSR count). The van der Waals surface area contributed by atoms with E-state index < -0.39 is 0 Å². The van der Waals surface area contributed by atoms with Gasteiger partial charge in [-0.25, -0.2) is 0 Å². The van der Waals surface area contributed by atoms with Gasteiger partial charge in [-0.2, -0.15) is 4.98 Å². The number of likely N-dealkylation sites (tertiary alicyclic amines) is 1. The standard InChI is InChI=1S/C21H28N4O3S/c1-13-5-6-29-18(13)9-24-7-16-15(10-26)17-8-25(12-21(16,11-24)27-17)20-22-19(28-23-20)14-3-2-4-14/h5-6,14-17,26H,2-4,7-12H2,1H3/t15-,16+,17+,21-/m0/s1. The van der Waals surface area contributed by atoms with Crippen molar-refractivity contribution in [3.63, 3.8) is 0 Å². The number of aromatic nitrogens is 2. The summed E-state index contributed by atoms with van der Waals surface area (Å²) in [7, 11) is 0. The number of rotatable bonds is 5. The van der Waals surface area contributed by atoms with Crippen molar-refractivity contribution in [2.75, 3.05) is 37.7 Å². The maximum atomic E-state index is 10.2. The van der Waals surface area contributed by atoms with E-state index in [9.17, 15) is 5.11 Å². The minimum atomic E-state index is -0.251. The summed E-state index contributed by atoms with van der Waals surface area (Å²) in [6, 6.07) is 2.19. The Bertz CT molecular complexity index is 896. The molecule has 1 N–H and O–H groups in total. The Morgan fingerprint density at radius 2 is 2.21 bits per heavy atom. The fourth-order valence-corrected chi connectivity index (χ4v) is 6.70. The first-order chi connectivity index (χ1) is 14.1. The van der Waals surface area contributed by atoms with Crippen LogP contribution < -0.4 is 4.90 Å². The maximum Gasteiger partial charge on any atom is 0.266 e. The van der Waals surface area contributed by atoms with Crippen molar-refractivity contribution >= 4 is 17.3 Å². The first-order valence-electron chi connectivity index (χ1n) is 10.8. The van der Waals surface area contributed by atoms with E-state index in [1.807, 2.05) is 11.3 Å². The predicted molar refractivity (Wildman–Crippen MR) is 109 cm³/mol. The van der Waals surface area contributed by atoms with Gasteiger partial charge in [0.1, 0.15) is 5.60 Å². The van der Waals surface area contributed by atoms with Crippen molar-refractivity contribution < 1.29 is 14.4 Å². The zero-order valence-corrected chi connectivity index (χ0v) is 17.6. The molecule has 0 amide bonds. The second-order valence-corrected chi connectivity index (χ2v) is 10.3. The number of hydrogen-bond acceptors (Lipinski definition) is 8. The van der Waals surface area contributed by atoms with E-state index in [0.717, 1.165) is 51.5 Å². The lowest BCUT2D eigenvalue weighted by molar-refractivity contribution is -0.0650. The van der Waals surface area contributed by atoms with Crippen LogP contribution in [0.5, 0.6) is 0 Å². The number of hydrogen-bond donors (Lipinski definition) is 1. The average molecular weight is 417 g/mol. The van der Waals surface area contributed by atoms with Crippen LogP contribution >= 0.6 is 11.3 Å². The van der Waals surface area contributed by atoms with Crippen LogP contribution in [0.1, 0.15) is 41.5 Å². The van der Waals surface area contributed by atoms with E-state index in [4.69, 9.17) is 14.2 Å². The number of aryl methyl sites for hydroxylation is 1. The molecule has 1 aliphatic carbocycles. The summed E-state index contributed by atoms with van der Waals surface area (Å²) in [6.07, 6.45) is 3.60. The molecule has 1 saturated carbocycles. The average Bonchev–Trinajstić information content (AvgIpc) is 3.39. The molecular formula is C21H28N4O3S. The van der Waals surface area contributed by atoms with Crippen LogP contribution in [0, 0.1) is 18.8 Å². The second-order valence-electron chi connectivity index (χ2n) is 9.31. The first-order valence-corrected chi connectivity index (χ1v) is 11.7. The van der Waals surface area contributed by atoms with E-state index in [0.29, 0.717) is 17.8 Å². The van der Waals surface area contributed by atoms with Gasteiger partial charge in [-0.15, -0.1) is 11.3 Å². The van der Waals surface area contributed by atoms with E-state index in [-0.39, 0.29) is 24.2 Å². The summed E-state index contributed by atoms with van der Waals surface area (Å²) in [5, 5.41) is 16.6. The molecule has 2 aromatic heterocycles. The van der Waals surface area contributed by atoms with Gasteiger partial charge in [0.15, 0.2) is 0 Å². The minimum absolute atomic E-state index is 0.0371. The lowest BCUT2D eigenvalue weighted by Gasteiger charge is -2.39. The molecule has 4 fully saturated rings. The monoisotopic (exact) mass is 416 g/mol. The molecule has 2 aromatic rings. The van der Waals surface area contributed by atoms with Gasteiger partial charge in [0, 0.05) is 55.4 Å². The summed E-state index contributed by atoms with van der Waals surface area (Å²) in [5.41, 5.74) is 1.11. The third kappa shape index (κ3) is 2.87. The molecule has 1 spiro atoms. The van der Waals surface area contributed by atoms with Crippen molar-refractivity contribution in [3.8, 4) is 0 Å². The fourth-order valence-electron chi connectivity index (χ4n) is 5.75. The molecule has 29 heavy (non-hydrogen) atoms. The summed E-state index contributed by atoms with van der Waals surface area (Å²) >= 11 is 1.83. The van der Waals surface area contributed by atoms with Gasteiger partial charge < -0.3 is 19.3 Å². The zero-order chi connectivity index (χ0) is 19.6. The Morgan fingerprint density at radius 1 is 1.31 bits per heavy atom. The second kappa shape index (κ2) is 6.77. The Hall–Kier alpha value is -1.48. The van der Waals surface area contributed by atoms with Gasteiger partial charge >= 0.3 is 0 Å². The molecule has 0 aromatic carbocycles. The molecule has 2 bridgehead atoms. The van der Waals surface area contributed by atoms with Crippen LogP contribution in [0.4, 0.5) is 5.95 Å². The van der Waals surface area contributed by atoms with Crippen molar-refractivity contribution in [1.29, 1.82) is 0 Å². The molecule has 4 aliphatic rings. The van der Waals surface area contributed by atoms with Gasteiger partial charge in [-0.1, -0.05) is 6.42 Å². The summed E-state index contributed by atoms with van der Waals surface area (Å²) in [4.78, 5) is 10.9. The van der Waals surface area contributed by atoms with E-state index in [1.165, 1.54) is 16.9 Å². The number of nitrogens with zero attached hydrogens (tertiary/aromatic N) is 4. The Morgan fingerprint density at radius 3 is 2.93 bits per heavy atom. The molecule has 7 nitrogen and oxygen atoms in total. The Labute approximate surface area is 174 Å². The summed E-state index contributed by atoms with van der Waals surface area (Å²) in [5.74, 6) is 2.46. The number of aliphatic hydroxyl groups excluding tert-OH is 1. The van der Waals surface area contributed by atoms with Gasteiger partial charge in [0.05, 0.1) is 12.6 Å². The Kier molecular flexibility index (Phi) is 4.27. The fraction of sp³-hybridized carbons (Fsp3) is 0.714. The molecule has 3 aliphatic heterocycles. The van der Waals surface area contributed by atoms with E-state index in [2.05, 4.69) is 33.3 Å². The largest absolute Gasteiger partial charge is 0.396 e. The highest BCUT2D eigenvalue weighted by molar-refractivity contribution is 7.10. The predicted octanol–water partition coefficient (Wildman–Crippen LogP) is 2.41. The van der Waals surface area contributed by atoms with Crippen LogP contribution in [0.25, 0.3) is 0 Å². The van der Waals surface area contributed by atoms with Crippen molar-refractivity contribution in [2.24, 2.45) is 11.8 Å². The van der Waals surface area contributed by atoms with Gasteiger partial charge in [-0.05, 0) is 41.9 Å². The summed E-state index contributed by atoms with van der Waals surface area (Å²) < 4.78 is 12.2. The van der Waals surface area contributed by atoms with Crippen molar-refractivity contribution in [3.05, 3.63) is 27.8 Å². The number of morpholine rings is 1. The van der Waals surface area contributed by atoms with Crippen LogP contribution in [-0.2, 0) is 11.3 Å². The van der Waals surface area contributed by atoms with Gasteiger partial charge in [0.2, 0.25) is 5.89 Å². The molecule has 5 heterocycles. The highest BCUT2D eigenvalue weighted by Gasteiger charge is 2.62. The first kappa shape index (κ1) is 18.3. The van der Waals surface area contributed by atoms with Crippen LogP contribution in [0.3, 0.4) is 0 Å². The topological polar surface area (TPSA) is 74.9 Å². The van der Waals surface area contributed by atoms with Crippen LogP contribution in [0.2, 0.25) is 0 Å². The molecule has 0 radical (unpaired) electrons. The molecule has 8 heteroatoms. The van der Waals surface area contributed by atoms with Crippen LogP contribution in [-0.4, -0.2) is 64.6 Å². The number of fused-ring (bicyclic) bond motifs is 1. The SMILES string of the molecule is Cc1ccsc1CN1C[C@@H]2[C@H](CO)[C@H]3CN(c4noc(C5CCC5)n4)C[C@]2(C1)O3. The van der Waals surface area contributed by atoms with Crippen molar-refractivity contribution in [1.82, 2.24) is 15.0 Å². The third-order valence-electron chi connectivity index (χ3n) is 7.58. The molecule has 156 valence electrons. The van der Waals surface area contributed by atoms with Gasteiger partial charge in [-0.3, -0.25) is 4.90 Å². The van der Waals surface area contributed by atoms with E-state index in [1.54, 1.807) is 0 Å². The summed E-state index contributed by atoms with van der Waals surface area (Å²) in [6.45, 7) is 6.70. The lowest BCUT2D eigenvalue weighted by Crippen LogP contribution is -2.54. The van der Waals surface area contributed by atoms with Gasteiger partial charge in [0.25, 0.3) is 5.95 Å². The maximum absolute atomic E-state index is 10.2. The number of thiophene rings is 1. The normalized spacial score (nSPS) is 34.6. The molecule has 4 atom stereocenters. The number of ether oxygens (including phenoxy) is 1. The molecular weight excluding hydrogens is 388 g/mol. The zero-order valence-electron chi connectivity index (χ0n) is 16.8. The molecule has 0 unspecified atom stereocenters. The minimum Gasteiger partial charge on any atom is -0.396 e. The van der Waals surface area contributed by atoms with Crippen molar-refractivity contribution in [2.45, 2.75) is 50.4 Å². The highest BCUT2D eigenvalue weighted by atomic mass is 32.1. The number of anilines is 1. The van der Waals surface area contributed by atoms with E-state index >= 15 is 0 Å². The highest BCUT2D eigenvalue weighted by Crippen LogP contribution is 2.50. The van der Waals surface area contributed by atoms with Crippen LogP contribution in [0.15, 0.2) is 16.0 Å². The third-order valence-corrected chi connectivity index (χ3v) is 8.58. The molecule has 3 saturated heterocycles. The Balaban J connectivity index is 1.24. The number of aliphatic hydroxyl groups is 1.